The Morgan fingerprint density at radius 2 is 1.67 bits per heavy atom. The molecule has 1 aromatic heterocycles. The summed E-state index contributed by atoms with van der Waals surface area (Å²) in [5, 5.41) is 3.26. The molecule has 0 amide bonds. The van der Waals surface area contributed by atoms with Crippen molar-refractivity contribution in [2.75, 3.05) is 0 Å². The van der Waals surface area contributed by atoms with Crippen molar-refractivity contribution in [1.82, 2.24) is 9.78 Å². The van der Waals surface area contributed by atoms with Gasteiger partial charge in [0.25, 0.3) is 5.56 Å². The molecule has 0 bridgehead atoms. The third-order valence-corrected chi connectivity index (χ3v) is 3.75. The fourth-order valence-electron chi connectivity index (χ4n) is 2.63. The summed E-state index contributed by atoms with van der Waals surface area (Å²) in [7, 11) is 0. The highest BCUT2D eigenvalue weighted by Crippen LogP contribution is 2.29. The second kappa shape index (κ2) is 5.44. The molecule has 0 atom stereocenters. The van der Waals surface area contributed by atoms with Crippen LogP contribution in [0.2, 0.25) is 0 Å². The predicted molar refractivity (Wildman–Crippen MR) is 86.3 cm³/mol. The summed E-state index contributed by atoms with van der Waals surface area (Å²) in [5.74, 6) is 0. The number of aromatic nitrogens is 2. The zero-order valence-electron chi connectivity index (χ0n) is 12.3. The molecular formula is C18H18N2O. The molecule has 0 unspecified atom stereocenters. The van der Waals surface area contributed by atoms with Gasteiger partial charge in [0.15, 0.2) is 0 Å². The van der Waals surface area contributed by atoms with Crippen molar-refractivity contribution in [3.63, 3.8) is 0 Å². The Bertz CT molecular complexity index is 813. The van der Waals surface area contributed by atoms with Crippen LogP contribution in [0.3, 0.4) is 0 Å². The maximum absolute atomic E-state index is 12.6. The smallest absolute Gasteiger partial charge is 0.274 e. The molecule has 0 aliphatic rings. The second-order valence-corrected chi connectivity index (χ2v) is 5.09. The van der Waals surface area contributed by atoms with Gasteiger partial charge in [0, 0.05) is 12.1 Å². The molecule has 0 aliphatic heterocycles. The summed E-state index contributed by atoms with van der Waals surface area (Å²) in [6.45, 7) is 4.66. The number of H-pyrrole nitrogens is 1. The lowest BCUT2D eigenvalue weighted by Crippen LogP contribution is -2.16. The summed E-state index contributed by atoms with van der Waals surface area (Å²) in [6, 6.07) is 18.0. The number of nitrogens with one attached hydrogen (secondary N) is 1. The Morgan fingerprint density at radius 3 is 2.33 bits per heavy atom. The van der Waals surface area contributed by atoms with E-state index in [4.69, 9.17) is 0 Å². The van der Waals surface area contributed by atoms with E-state index in [1.165, 1.54) is 0 Å². The van der Waals surface area contributed by atoms with Crippen LogP contribution in [0, 0.1) is 6.92 Å². The summed E-state index contributed by atoms with van der Waals surface area (Å²) in [4.78, 5) is 12.6. The lowest BCUT2D eigenvalue weighted by atomic mass is 9.99. The van der Waals surface area contributed by atoms with Crippen LogP contribution in [0.15, 0.2) is 59.4 Å². The number of aromatic amines is 1. The first-order valence-electron chi connectivity index (χ1n) is 7.16. The van der Waals surface area contributed by atoms with Crippen molar-refractivity contribution in [1.29, 1.82) is 0 Å². The summed E-state index contributed by atoms with van der Waals surface area (Å²) in [6.07, 6.45) is 0. The van der Waals surface area contributed by atoms with E-state index in [0.717, 1.165) is 27.9 Å². The molecule has 0 radical (unpaired) electrons. The third-order valence-electron chi connectivity index (χ3n) is 3.75. The Hall–Kier alpha value is -2.55. The van der Waals surface area contributed by atoms with E-state index in [0.29, 0.717) is 6.54 Å². The Labute approximate surface area is 123 Å². The number of aryl methyl sites for hydroxylation is 2. The third kappa shape index (κ3) is 2.31. The minimum atomic E-state index is 0.0296. The van der Waals surface area contributed by atoms with Gasteiger partial charge < -0.3 is 0 Å². The standard InChI is InChI=1S/C18H18N2O/c1-3-20-18(21)16(14-10-5-4-6-11-14)17(19-20)15-12-8-7-9-13(15)2/h4-12,19H,3H2,1-2H3. The van der Waals surface area contributed by atoms with Gasteiger partial charge in [-0.2, -0.15) is 0 Å². The van der Waals surface area contributed by atoms with Gasteiger partial charge in [0.1, 0.15) is 0 Å². The first-order valence-corrected chi connectivity index (χ1v) is 7.16. The molecule has 0 spiro atoms. The molecule has 3 rings (SSSR count). The Balaban J connectivity index is 2.31. The fourth-order valence-corrected chi connectivity index (χ4v) is 2.63. The molecule has 3 nitrogen and oxygen atoms in total. The van der Waals surface area contributed by atoms with Crippen molar-refractivity contribution < 1.29 is 0 Å². The molecule has 0 aliphatic carbocycles. The van der Waals surface area contributed by atoms with Crippen LogP contribution in [-0.2, 0) is 6.54 Å². The van der Waals surface area contributed by atoms with Crippen molar-refractivity contribution in [3.05, 3.63) is 70.5 Å². The normalized spacial score (nSPS) is 10.8. The number of hydrogen-bond donors (Lipinski definition) is 1. The van der Waals surface area contributed by atoms with Gasteiger partial charge in [-0.3, -0.25) is 14.6 Å². The van der Waals surface area contributed by atoms with Crippen LogP contribution in [0.25, 0.3) is 22.4 Å². The Morgan fingerprint density at radius 1 is 1.00 bits per heavy atom. The van der Waals surface area contributed by atoms with Gasteiger partial charge in [-0.25, -0.2) is 0 Å². The van der Waals surface area contributed by atoms with Gasteiger partial charge in [-0.05, 0) is 25.0 Å². The van der Waals surface area contributed by atoms with E-state index in [1.807, 2.05) is 55.5 Å². The quantitative estimate of drug-likeness (QED) is 0.776. The summed E-state index contributed by atoms with van der Waals surface area (Å²) >= 11 is 0. The van der Waals surface area contributed by atoms with Gasteiger partial charge in [0.2, 0.25) is 0 Å². The molecule has 3 aromatic rings. The number of hydrogen-bond acceptors (Lipinski definition) is 1. The molecule has 0 fully saturated rings. The second-order valence-electron chi connectivity index (χ2n) is 5.09. The first-order chi connectivity index (χ1) is 10.2. The van der Waals surface area contributed by atoms with Crippen LogP contribution in [-0.4, -0.2) is 9.78 Å². The monoisotopic (exact) mass is 278 g/mol. The van der Waals surface area contributed by atoms with Crippen LogP contribution >= 0.6 is 0 Å². The topological polar surface area (TPSA) is 37.8 Å². The lowest BCUT2D eigenvalue weighted by molar-refractivity contribution is 0.640. The van der Waals surface area contributed by atoms with E-state index in [1.54, 1.807) is 4.68 Å². The van der Waals surface area contributed by atoms with Crippen LogP contribution in [0.4, 0.5) is 0 Å². The molecule has 1 heterocycles. The van der Waals surface area contributed by atoms with E-state index in [2.05, 4.69) is 18.1 Å². The maximum atomic E-state index is 12.6. The molecule has 3 heteroatoms. The molecule has 0 saturated carbocycles. The average Bonchev–Trinajstić information content (AvgIpc) is 2.85. The molecule has 2 aromatic carbocycles. The average molecular weight is 278 g/mol. The van der Waals surface area contributed by atoms with Crippen molar-refractivity contribution in [3.8, 4) is 22.4 Å². The zero-order valence-corrected chi connectivity index (χ0v) is 12.3. The van der Waals surface area contributed by atoms with E-state index < -0.39 is 0 Å². The van der Waals surface area contributed by atoms with Gasteiger partial charge in [0.05, 0.1) is 11.3 Å². The van der Waals surface area contributed by atoms with Gasteiger partial charge >= 0.3 is 0 Å². The minimum Gasteiger partial charge on any atom is -0.294 e. The summed E-state index contributed by atoms with van der Waals surface area (Å²) in [5.41, 5.74) is 4.84. The predicted octanol–water partition coefficient (Wildman–Crippen LogP) is 3.84. The largest absolute Gasteiger partial charge is 0.294 e. The number of benzene rings is 2. The molecule has 21 heavy (non-hydrogen) atoms. The number of nitrogens with zero attached hydrogens (tertiary/aromatic N) is 1. The van der Waals surface area contributed by atoms with E-state index in [-0.39, 0.29) is 5.56 Å². The van der Waals surface area contributed by atoms with Crippen molar-refractivity contribution in [2.45, 2.75) is 20.4 Å². The highest BCUT2D eigenvalue weighted by Gasteiger charge is 2.17. The zero-order chi connectivity index (χ0) is 14.8. The molecule has 1 N–H and O–H groups in total. The maximum Gasteiger partial charge on any atom is 0.274 e. The van der Waals surface area contributed by atoms with Gasteiger partial charge in [-0.15, -0.1) is 0 Å². The van der Waals surface area contributed by atoms with Crippen LogP contribution in [0.5, 0.6) is 0 Å². The van der Waals surface area contributed by atoms with Crippen LogP contribution < -0.4 is 5.56 Å². The van der Waals surface area contributed by atoms with Crippen molar-refractivity contribution >= 4 is 0 Å². The first kappa shape index (κ1) is 13.4. The van der Waals surface area contributed by atoms with Gasteiger partial charge in [-0.1, -0.05) is 54.6 Å². The number of rotatable bonds is 3. The van der Waals surface area contributed by atoms with Crippen LogP contribution in [0.1, 0.15) is 12.5 Å². The van der Waals surface area contributed by atoms with E-state index in [9.17, 15) is 4.79 Å². The van der Waals surface area contributed by atoms with E-state index >= 15 is 0 Å². The van der Waals surface area contributed by atoms with Crippen molar-refractivity contribution in [2.24, 2.45) is 0 Å². The SMILES string of the molecule is CCn1[nH]c(-c2ccccc2C)c(-c2ccccc2)c1=O. The highest BCUT2D eigenvalue weighted by atomic mass is 16.1. The molecule has 0 saturated heterocycles. The minimum absolute atomic E-state index is 0.0296. The highest BCUT2D eigenvalue weighted by molar-refractivity contribution is 5.81. The lowest BCUT2D eigenvalue weighted by Gasteiger charge is -2.06. The summed E-state index contributed by atoms with van der Waals surface area (Å²) < 4.78 is 1.66. The fraction of sp³-hybridized carbons (Fsp3) is 0.167. The Kier molecular flexibility index (Phi) is 3.48. The molecular weight excluding hydrogens is 260 g/mol. The molecule has 106 valence electrons.